The maximum atomic E-state index is 13.0. The molecule has 1 fully saturated rings. The van der Waals surface area contributed by atoms with E-state index in [1.165, 1.54) is 22.6 Å². The van der Waals surface area contributed by atoms with E-state index in [1.54, 1.807) is 27.7 Å². The minimum Gasteiger partial charge on any atom is -0.294 e. The molecule has 0 aliphatic carbocycles. The van der Waals surface area contributed by atoms with Gasteiger partial charge in [0.05, 0.1) is 23.2 Å². The fraction of sp³-hybridized carbons (Fsp3) is 0.474. The van der Waals surface area contributed by atoms with Crippen LogP contribution in [0.15, 0.2) is 40.1 Å². The number of rotatable bonds is 4. The molecule has 4 rings (SSSR count). The highest BCUT2D eigenvalue weighted by Crippen LogP contribution is 2.36. The standard InChI is InChI=1S/C19H23N3OS2/c1-14-6-8-21(9-7-14)13-19(23)22-16(18-5-3-11-25-18)12-15(20-22)17-4-2-10-24-17/h2-5,10-11,14,16H,6-9,12-13H2,1H3/t16-/m1/s1. The molecule has 1 atom stereocenters. The zero-order valence-electron chi connectivity index (χ0n) is 14.4. The summed E-state index contributed by atoms with van der Waals surface area (Å²) < 4.78 is 0. The van der Waals surface area contributed by atoms with Gasteiger partial charge in [0.1, 0.15) is 0 Å². The Morgan fingerprint density at radius 1 is 1.20 bits per heavy atom. The first-order valence-corrected chi connectivity index (χ1v) is 10.7. The summed E-state index contributed by atoms with van der Waals surface area (Å²) in [5.41, 5.74) is 1.04. The third-order valence-electron chi connectivity index (χ3n) is 5.08. The molecule has 132 valence electrons. The van der Waals surface area contributed by atoms with Crippen molar-refractivity contribution in [2.75, 3.05) is 19.6 Å². The molecule has 2 aliphatic rings. The quantitative estimate of drug-likeness (QED) is 0.804. The number of hydrogen-bond acceptors (Lipinski definition) is 5. The Morgan fingerprint density at radius 2 is 1.96 bits per heavy atom. The average Bonchev–Trinajstić information content (AvgIpc) is 3.36. The fourth-order valence-electron chi connectivity index (χ4n) is 3.52. The Hall–Kier alpha value is -1.50. The van der Waals surface area contributed by atoms with Crippen molar-refractivity contribution in [1.82, 2.24) is 9.91 Å². The van der Waals surface area contributed by atoms with E-state index in [2.05, 4.69) is 40.8 Å². The smallest absolute Gasteiger partial charge is 0.257 e. The van der Waals surface area contributed by atoms with E-state index in [-0.39, 0.29) is 11.9 Å². The largest absolute Gasteiger partial charge is 0.294 e. The first kappa shape index (κ1) is 16.9. The molecule has 1 saturated heterocycles. The molecule has 0 unspecified atom stereocenters. The first-order valence-electron chi connectivity index (χ1n) is 8.90. The van der Waals surface area contributed by atoms with Gasteiger partial charge in [-0.25, -0.2) is 5.01 Å². The van der Waals surface area contributed by atoms with Crippen LogP contribution in [-0.4, -0.2) is 41.2 Å². The average molecular weight is 374 g/mol. The summed E-state index contributed by atoms with van der Waals surface area (Å²) in [6, 6.07) is 8.35. The third kappa shape index (κ3) is 3.71. The molecule has 4 heterocycles. The fourth-order valence-corrected chi connectivity index (χ4v) is 5.05. The summed E-state index contributed by atoms with van der Waals surface area (Å²) >= 11 is 3.40. The number of hydrogen-bond donors (Lipinski definition) is 0. The number of likely N-dealkylation sites (tertiary alicyclic amines) is 1. The lowest BCUT2D eigenvalue weighted by molar-refractivity contribution is -0.134. The van der Waals surface area contributed by atoms with Gasteiger partial charge in [0.15, 0.2) is 0 Å². The molecular weight excluding hydrogens is 350 g/mol. The van der Waals surface area contributed by atoms with Crippen molar-refractivity contribution >= 4 is 34.3 Å². The lowest BCUT2D eigenvalue weighted by atomic mass is 9.99. The van der Waals surface area contributed by atoms with Gasteiger partial charge in [-0.05, 0) is 54.7 Å². The summed E-state index contributed by atoms with van der Waals surface area (Å²) in [4.78, 5) is 17.7. The lowest BCUT2D eigenvalue weighted by Gasteiger charge is -2.31. The number of thiophene rings is 2. The van der Waals surface area contributed by atoms with Crippen LogP contribution in [0.25, 0.3) is 0 Å². The molecular formula is C19H23N3OS2. The molecule has 0 bridgehead atoms. The molecule has 0 spiro atoms. The Morgan fingerprint density at radius 3 is 2.64 bits per heavy atom. The number of carbonyl (C=O) groups excluding carboxylic acids is 1. The summed E-state index contributed by atoms with van der Waals surface area (Å²) in [6.45, 7) is 4.82. The SMILES string of the molecule is CC1CCN(CC(=O)N2N=C(c3cccs3)C[C@@H]2c2cccs2)CC1. The number of nitrogens with zero attached hydrogens (tertiary/aromatic N) is 3. The van der Waals surface area contributed by atoms with Gasteiger partial charge in [-0.3, -0.25) is 9.69 Å². The van der Waals surface area contributed by atoms with E-state index in [0.29, 0.717) is 6.54 Å². The molecule has 0 N–H and O–H groups in total. The Labute approximate surface area is 156 Å². The van der Waals surface area contributed by atoms with Crippen LogP contribution in [0.1, 0.15) is 42.0 Å². The summed E-state index contributed by atoms with van der Waals surface area (Å²) in [6.07, 6.45) is 3.18. The molecule has 2 aromatic rings. The zero-order chi connectivity index (χ0) is 17.2. The van der Waals surface area contributed by atoms with Crippen LogP contribution in [-0.2, 0) is 4.79 Å². The number of amides is 1. The second-order valence-electron chi connectivity index (χ2n) is 6.96. The zero-order valence-corrected chi connectivity index (χ0v) is 16.1. The minimum absolute atomic E-state index is 0.0494. The molecule has 25 heavy (non-hydrogen) atoms. The topological polar surface area (TPSA) is 35.9 Å². The number of piperidine rings is 1. The van der Waals surface area contributed by atoms with Crippen molar-refractivity contribution < 1.29 is 4.79 Å². The van der Waals surface area contributed by atoms with Gasteiger partial charge >= 0.3 is 0 Å². The van der Waals surface area contributed by atoms with Gasteiger partial charge in [-0.1, -0.05) is 19.1 Å². The third-order valence-corrected chi connectivity index (χ3v) is 6.97. The monoisotopic (exact) mass is 373 g/mol. The second kappa shape index (κ2) is 7.40. The first-order chi connectivity index (χ1) is 12.2. The highest BCUT2D eigenvalue weighted by atomic mass is 32.1. The Kier molecular flexibility index (Phi) is 5.01. The van der Waals surface area contributed by atoms with Crippen LogP contribution < -0.4 is 0 Å². The van der Waals surface area contributed by atoms with E-state index in [9.17, 15) is 4.79 Å². The van der Waals surface area contributed by atoms with Crippen molar-refractivity contribution in [2.24, 2.45) is 11.0 Å². The Balaban J connectivity index is 1.52. The molecule has 6 heteroatoms. The lowest BCUT2D eigenvalue weighted by Crippen LogP contribution is -2.41. The van der Waals surface area contributed by atoms with E-state index >= 15 is 0 Å². The van der Waals surface area contributed by atoms with Gasteiger partial charge in [-0.2, -0.15) is 5.10 Å². The highest BCUT2D eigenvalue weighted by molar-refractivity contribution is 7.12. The van der Waals surface area contributed by atoms with Crippen LogP contribution in [0.2, 0.25) is 0 Å². The van der Waals surface area contributed by atoms with E-state index in [4.69, 9.17) is 5.10 Å². The van der Waals surface area contributed by atoms with E-state index < -0.39 is 0 Å². The maximum absolute atomic E-state index is 13.0. The van der Waals surface area contributed by atoms with Crippen LogP contribution in [0.5, 0.6) is 0 Å². The normalized spacial score (nSPS) is 22.4. The number of hydrazone groups is 1. The van der Waals surface area contributed by atoms with Gasteiger partial charge < -0.3 is 0 Å². The van der Waals surface area contributed by atoms with Crippen LogP contribution in [0, 0.1) is 5.92 Å². The maximum Gasteiger partial charge on any atom is 0.257 e. The summed E-state index contributed by atoms with van der Waals surface area (Å²) in [7, 11) is 0. The van der Waals surface area contributed by atoms with Crippen LogP contribution >= 0.6 is 22.7 Å². The summed E-state index contributed by atoms with van der Waals surface area (Å²) in [5, 5.41) is 10.6. The van der Waals surface area contributed by atoms with Crippen molar-refractivity contribution in [3.05, 3.63) is 44.8 Å². The molecule has 4 nitrogen and oxygen atoms in total. The predicted octanol–water partition coefficient (Wildman–Crippen LogP) is 4.22. The van der Waals surface area contributed by atoms with Gasteiger partial charge in [0, 0.05) is 11.3 Å². The van der Waals surface area contributed by atoms with E-state index in [0.717, 1.165) is 31.1 Å². The summed E-state index contributed by atoms with van der Waals surface area (Å²) in [5.74, 6) is 0.903. The van der Waals surface area contributed by atoms with Gasteiger partial charge in [0.2, 0.25) is 0 Å². The van der Waals surface area contributed by atoms with Gasteiger partial charge in [0.25, 0.3) is 5.91 Å². The van der Waals surface area contributed by atoms with Crippen molar-refractivity contribution in [3.8, 4) is 0 Å². The van der Waals surface area contributed by atoms with Crippen LogP contribution in [0.3, 0.4) is 0 Å². The second-order valence-corrected chi connectivity index (χ2v) is 8.88. The molecule has 2 aromatic heterocycles. The van der Waals surface area contributed by atoms with Crippen LogP contribution in [0.4, 0.5) is 0 Å². The molecule has 0 radical (unpaired) electrons. The van der Waals surface area contributed by atoms with E-state index in [1.807, 2.05) is 6.07 Å². The van der Waals surface area contributed by atoms with Crippen molar-refractivity contribution in [1.29, 1.82) is 0 Å². The number of carbonyl (C=O) groups is 1. The molecule has 0 aromatic carbocycles. The molecule has 1 amide bonds. The van der Waals surface area contributed by atoms with Gasteiger partial charge in [-0.15, -0.1) is 22.7 Å². The molecule has 2 aliphatic heterocycles. The van der Waals surface area contributed by atoms with Crippen molar-refractivity contribution in [2.45, 2.75) is 32.2 Å². The minimum atomic E-state index is 0.0494. The molecule has 0 saturated carbocycles. The van der Waals surface area contributed by atoms with Crippen molar-refractivity contribution in [3.63, 3.8) is 0 Å². The predicted molar refractivity (Wildman–Crippen MR) is 104 cm³/mol. The Bertz CT molecular complexity index is 731. The highest BCUT2D eigenvalue weighted by Gasteiger charge is 2.34.